The molecule has 7 heteroatoms. The van der Waals surface area contributed by atoms with Gasteiger partial charge in [-0.15, -0.1) is 0 Å². The predicted molar refractivity (Wildman–Crippen MR) is 115 cm³/mol. The predicted octanol–water partition coefficient (Wildman–Crippen LogP) is 4.94. The SMILES string of the molecule is O=C1C2=C(OC3CCCCC13)C(=O)N(c1nc3ccccc3s1)C2c1ccc(F)cc1. The summed E-state index contributed by atoms with van der Waals surface area (Å²) in [6, 6.07) is 13.0. The molecular weight excluding hydrogens is 415 g/mol. The van der Waals surface area contributed by atoms with Crippen molar-refractivity contribution in [3.05, 3.63) is 71.2 Å². The third-order valence-electron chi connectivity index (χ3n) is 6.44. The Balaban J connectivity index is 1.52. The van der Waals surface area contributed by atoms with Gasteiger partial charge in [0.25, 0.3) is 5.91 Å². The Morgan fingerprint density at radius 1 is 1.03 bits per heavy atom. The van der Waals surface area contributed by atoms with E-state index in [1.807, 2.05) is 24.3 Å². The van der Waals surface area contributed by atoms with Crippen LogP contribution in [0.4, 0.5) is 9.52 Å². The zero-order valence-electron chi connectivity index (χ0n) is 16.6. The number of hydrogen-bond acceptors (Lipinski definition) is 5. The van der Waals surface area contributed by atoms with Gasteiger partial charge in [-0.2, -0.15) is 0 Å². The van der Waals surface area contributed by atoms with Crippen LogP contribution < -0.4 is 4.90 Å². The van der Waals surface area contributed by atoms with E-state index in [-0.39, 0.29) is 35.3 Å². The zero-order valence-corrected chi connectivity index (χ0v) is 17.4. The molecule has 3 unspecified atom stereocenters. The highest BCUT2D eigenvalue weighted by molar-refractivity contribution is 7.22. The van der Waals surface area contributed by atoms with Gasteiger partial charge in [0.1, 0.15) is 11.9 Å². The van der Waals surface area contributed by atoms with E-state index < -0.39 is 6.04 Å². The number of rotatable bonds is 2. The van der Waals surface area contributed by atoms with Crippen molar-refractivity contribution >= 4 is 38.4 Å². The number of ether oxygens (including phenoxy) is 1. The molecule has 5 nitrogen and oxygen atoms in total. The average Bonchev–Trinajstić information content (AvgIpc) is 3.33. The largest absolute Gasteiger partial charge is 0.483 e. The number of aromatic nitrogens is 1. The lowest BCUT2D eigenvalue weighted by Gasteiger charge is -2.35. The number of Topliss-reactive ketones (excluding diaryl/α,β-unsaturated/α-hetero) is 1. The molecule has 31 heavy (non-hydrogen) atoms. The number of para-hydroxylation sites is 1. The van der Waals surface area contributed by atoms with Gasteiger partial charge in [0.05, 0.1) is 27.7 Å². The van der Waals surface area contributed by atoms with Crippen LogP contribution in [0.15, 0.2) is 59.9 Å². The van der Waals surface area contributed by atoms with Crippen LogP contribution in [-0.2, 0) is 14.3 Å². The molecule has 1 amide bonds. The zero-order chi connectivity index (χ0) is 21.1. The minimum atomic E-state index is -0.668. The molecule has 1 aromatic heterocycles. The molecule has 6 rings (SSSR count). The molecule has 3 atom stereocenters. The van der Waals surface area contributed by atoms with E-state index in [2.05, 4.69) is 4.98 Å². The third kappa shape index (κ3) is 2.83. The van der Waals surface area contributed by atoms with E-state index in [0.29, 0.717) is 16.3 Å². The van der Waals surface area contributed by atoms with Crippen molar-refractivity contribution < 1.29 is 18.7 Å². The molecule has 0 spiro atoms. The highest BCUT2D eigenvalue weighted by Gasteiger charge is 2.53. The summed E-state index contributed by atoms with van der Waals surface area (Å²) in [6.45, 7) is 0. The van der Waals surface area contributed by atoms with Crippen molar-refractivity contribution in [1.29, 1.82) is 0 Å². The van der Waals surface area contributed by atoms with E-state index in [0.717, 1.165) is 35.9 Å². The molecule has 2 aromatic carbocycles. The smallest absolute Gasteiger partial charge is 0.296 e. The first-order chi connectivity index (χ1) is 15.1. The molecule has 156 valence electrons. The van der Waals surface area contributed by atoms with Crippen LogP contribution >= 0.6 is 11.3 Å². The molecule has 1 fully saturated rings. The van der Waals surface area contributed by atoms with Crippen LogP contribution in [0.5, 0.6) is 0 Å². The number of amides is 1. The lowest BCUT2D eigenvalue weighted by atomic mass is 9.77. The highest BCUT2D eigenvalue weighted by Crippen LogP contribution is 2.49. The summed E-state index contributed by atoms with van der Waals surface area (Å²) in [7, 11) is 0. The number of nitrogens with zero attached hydrogens (tertiary/aromatic N) is 2. The molecule has 0 radical (unpaired) electrons. The van der Waals surface area contributed by atoms with Crippen molar-refractivity contribution in [2.75, 3.05) is 4.90 Å². The number of fused-ring (bicyclic) bond motifs is 2. The molecule has 0 N–H and O–H groups in total. The molecule has 2 aliphatic heterocycles. The first-order valence-corrected chi connectivity index (χ1v) is 11.3. The van der Waals surface area contributed by atoms with Crippen molar-refractivity contribution in [2.45, 2.75) is 37.8 Å². The van der Waals surface area contributed by atoms with Gasteiger partial charge in [-0.1, -0.05) is 42.0 Å². The lowest BCUT2D eigenvalue weighted by Crippen LogP contribution is -2.39. The van der Waals surface area contributed by atoms with Crippen molar-refractivity contribution in [3.8, 4) is 0 Å². The first-order valence-electron chi connectivity index (χ1n) is 10.5. The Morgan fingerprint density at radius 3 is 2.61 bits per heavy atom. The summed E-state index contributed by atoms with van der Waals surface area (Å²) in [4.78, 5) is 33.4. The Labute approximate surface area is 182 Å². The van der Waals surface area contributed by atoms with Gasteiger partial charge in [-0.25, -0.2) is 9.37 Å². The molecule has 0 bridgehead atoms. The molecule has 3 aromatic rings. The minimum Gasteiger partial charge on any atom is -0.483 e. The van der Waals surface area contributed by atoms with Gasteiger partial charge in [0, 0.05) is 0 Å². The summed E-state index contributed by atoms with van der Waals surface area (Å²) in [5.74, 6) is -0.814. The fourth-order valence-electron chi connectivity index (χ4n) is 4.97. The van der Waals surface area contributed by atoms with E-state index in [4.69, 9.17) is 4.74 Å². The monoisotopic (exact) mass is 434 g/mol. The van der Waals surface area contributed by atoms with E-state index in [1.165, 1.54) is 23.5 Å². The van der Waals surface area contributed by atoms with Crippen LogP contribution in [0.25, 0.3) is 10.2 Å². The summed E-state index contributed by atoms with van der Waals surface area (Å²) in [5.41, 5.74) is 1.85. The second-order valence-electron chi connectivity index (χ2n) is 8.25. The van der Waals surface area contributed by atoms with E-state index >= 15 is 0 Å². The number of carbonyl (C=O) groups is 2. The highest BCUT2D eigenvalue weighted by atomic mass is 32.1. The number of hydrogen-bond donors (Lipinski definition) is 0. The van der Waals surface area contributed by atoms with Crippen LogP contribution in [0.3, 0.4) is 0 Å². The second kappa shape index (κ2) is 6.99. The molecule has 3 aliphatic rings. The van der Waals surface area contributed by atoms with Crippen molar-refractivity contribution in [1.82, 2.24) is 4.98 Å². The molecule has 1 saturated carbocycles. The van der Waals surface area contributed by atoms with Gasteiger partial charge in [-0.05, 0) is 49.1 Å². The van der Waals surface area contributed by atoms with Gasteiger partial charge in [-0.3, -0.25) is 14.5 Å². The number of thiazole rings is 1. The number of halogens is 1. The van der Waals surface area contributed by atoms with Gasteiger partial charge in [0.15, 0.2) is 16.7 Å². The normalized spacial score (nSPS) is 25.6. The average molecular weight is 434 g/mol. The molecule has 0 saturated heterocycles. The maximum atomic E-state index is 13.6. The quantitative estimate of drug-likeness (QED) is 0.574. The van der Waals surface area contributed by atoms with Crippen LogP contribution in [-0.4, -0.2) is 22.8 Å². The fraction of sp³-hybridized carbons (Fsp3) is 0.292. The van der Waals surface area contributed by atoms with Gasteiger partial charge >= 0.3 is 0 Å². The fourth-order valence-corrected chi connectivity index (χ4v) is 5.96. The first kappa shape index (κ1) is 18.7. The van der Waals surface area contributed by atoms with Gasteiger partial charge in [0.2, 0.25) is 0 Å². The maximum absolute atomic E-state index is 13.6. The standard InChI is InChI=1S/C24H19FN2O3S/c25-14-11-9-13(10-12-14)20-19-21(28)15-5-1-3-7-17(15)30-22(19)23(29)27(20)24-26-16-6-2-4-8-18(16)31-24/h2,4,6,8-12,15,17,20H,1,3,5,7H2. The van der Waals surface area contributed by atoms with Gasteiger partial charge < -0.3 is 4.74 Å². The lowest BCUT2D eigenvalue weighted by molar-refractivity contribution is -0.131. The number of anilines is 1. The maximum Gasteiger partial charge on any atom is 0.296 e. The Bertz CT molecular complexity index is 1220. The Hall–Kier alpha value is -3.06. The molecule has 1 aliphatic carbocycles. The Morgan fingerprint density at radius 2 is 1.81 bits per heavy atom. The van der Waals surface area contributed by atoms with Crippen molar-refractivity contribution in [2.24, 2.45) is 5.92 Å². The van der Waals surface area contributed by atoms with Crippen molar-refractivity contribution in [3.63, 3.8) is 0 Å². The summed E-state index contributed by atoms with van der Waals surface area (Å²) in [5, 5.41) is 0.509. The van der Waals surface area contributed by atoms with Crippen LogP contribution in [0, 0.1) is 11.7 Å². The van der Waals surface area contributed by atoms with E-state index in [9.17, 15) is 14.0 Å². The minimum absolute atomic E-state index is 0.0164. The number of benzene rings is 2. The number of ketones is 1. The molecule has 3 heterocycles. The topological polar surface area (TPSA) is 59.5 Å². The summed E-state index contributed by atoms with van der Waals surface area (Å²) in [6.07, 6.45) is 3.28. The third-order valence-corrected chi connectivity index (χ3v) is 7.47. The summed E-state index contributed by atoms with van der Waals surface area (Å²) >= 11 is 1.40. The Kier molecular flexibility index (Phi) is 4.21. The second-order valence-corrected chi connectivity index (χ2v) is 9.26. The summed E-state index contributed by atoms with van der Waals surface area (Å²) < 4.78 is 20.8. The van der Waals surface area contributed by atoms with Crippen LogP contribution in [0.2, 0.25) is 0 Å². The van der Waals surface area contributed by atoms with E-state index in [1.54, 1.807) is 17.0 Å². The number of carbonyl (C=O) groups excluding carboxylic acids is 2. The van der Waals surface area contributed by atoms with Crippen LogP contribution in [0.1, 0.15) is 37.3 Å². The molecular formula is C24H19FN2O3S.